The fourth-order valence-electron chi connectivity index (χ4n) is 1.86. The van der Waals surface area contributed by atoms with E-state index in [9.17, 15) is 4.79 Å². The molecule has 0 fully saturated rings. The molecule has 0 spiro atoms. The van der Waals surface area contributed by atoms with Crippen LogP contribution in [-0.2, 0) is 4.79 Å². The lowest BCUT2D eigenvalue weighted by atomic mass is 10.2. The molecule has 0 saturated carbocycles. The summed E-state index contributed by atoms with van der Waals surface area (Å²) in [6.07, 6.45) is 0. The number of anilines is 1. The number of amides is 1. The summed E-state index contributed by atoms with van der Waals surface area (Å²) in [7, 11) is 1.59. The van der Waals surface area contributed by atoms with E-state index in [1.165, 1.54) is 5.56 Å². The van der Waals surface area contributed by atoms with Crippen molar-refractivity contribution in [1.82, 2.24) is 0 Å². The average molecular weight is 301 g/mol. The van der Waals surface area contributed by atoms with Crippen LogP contribution in [0, 0.1) is 6.92 Å². The number of aryl methyl sites for hydroxylation is 1. The fourth-order valence-corrected chi connectivity index (χ4v) is 2.72. The molecule has 0 radical (unpaired) electrons. The zero-order valence-electron chi connectivity index (χ0n) is 12.4. The Morgan fingerprint density at radius 1 is 1.14 bits per heavy atom. The van der Waals surface area contributed by atoms with Crippen LogP contribution in [0.25, 0.3) is 0 Å². The Bertz CT molecular complexity index is 610. The lowest BCUT2D eigenvalue weighted by Crippen LogP contribution is -2.22. The molecule has 2 aromatic carbocycles. The smallest absolute Gasteiger partial charge is 0.237 e. The SMILES string of the molecule is COc1ccccc1NC(=O)C(C)Sc1ccc(C)cc1. The summed E-state index contributed by atoms with van der Waals surface area (Å²) < 4.78 is 5.24. The molecule has 0 heterocycles. The molecule has 0 aliphatic heterocycles. The van der Waals surface area contributed by atoms with E-state index in [4.69, 9.17) is 4.74 Å². The Labute approximate surface area is 129 Å². The van der Waals surface area contributed by atoms with Gasteiger partial charge in [0.1, 0.15) is 5.75 Å². The maximum atomic E-state index is 12.3. The molecular formula is C17H19NO2S. The van der Waals surface area contributed by atoms with Crippen LogP contribution in [0.5, 0.6) is 5.75 Å². The Morgan fingerprint density at radius 3 is 2.48 bits per heavy atom. The standard InChI is InChI=1S/C17H19NO2S/c1-12-8-10-14(11-9-12)21-13(2)17(19)18-15-6-4-5-7-16(15)20-3/h4-11,13H,1-3H3,(H,18,19). The van der Waals surface area contributed by atoms with Gasteiger partial charge in [-0.05, 0) is 38.1 Å². The largest absolute Gasteiger partial charge is 0.495 e. The van der Waals surface area contributed by atoms with Gasteiger partial charge < -0.3 is 10.1 Å². The lowest BCUT2D eigenvalue weighted by Gasteiger charge is -2.14. The predicted molar refractivity (Wildman–Crippen MR) is 88.1 cm³/mol. The normalized spacial score (nSPS) is 11.8. The molecule has 1 N–H and O–H groups in total. The van der Waals surface area contributed by atoms with E-state index in [1.807, 2.05) is 62.4 Å². The minimum atomic E-state index is -0.183. The number of carbonyl (C=O) groups is 1. The van der Waals surface area contributed by atoms with Gasteiger partial charge in [0.05, 0.1) is 18.0 Å². The number of hydrogen-bond donors (Lipinski definition) is 1. The van der Waals surface area contributed by atoms with Gasteiger partial charge in [0, 0.05) is 4.90 Å². The second-order valence-electron chi connectivity index (χ2n) is 4.76. The molecule has 0 aliphatic carbocycles. The maximum Gasteiger partial charge on any atom is 0.237 e. The molecule has 1 unspecified atom stereocenters. The first-order chi connectivity index (χ1) is 10.1. The third-order valence-electron chi connectivity index (χ3n) is 3.07. The number of thioether (sulfide) groups is 1. The van der Waals surface area contributed by atoms with Crippen molar-refractivity contribution < 1.29 is 9.53 Å². The molecule has 1 amide bonds. The van der Waals surface area contributed by atoms with Gasteiger partial charge >= 0.3 is 0 Å². The van der Waals surface area contributed by atoms with Gasteiger partial charge in [-0.25, -0.2) is 0 Å². The molecular weight excluding hydrogens is 282 g/mol. The highest BCUT2D eigenvalue weighted by molar-refractivity contribution is 8.00. The quantitative estimate of drug-likeness (QED) is 0.844. The third kappa shape index (κ3) is 4.26. The van der Waals surface area contributed by atoms with E-state index < -0.39 is 0 Å². The minimum Gasteiger partial charge on any atom is -0.495 e. The van der Waals surface area contributed by atoms with Gasteiger partial charge in [0.2, 0.25) is 5.91 Å². The van der Waals surface area contributed by atoms with Gasteiger partial charge in [-0.15, -0.1) is 11.8 Å². The van der Waals surface area contributed by atoms with Gasteiger partial charge in [-0.3, -0.25) is 4.79 Å². The Morgan fingerprint density at radius 2 is 1.81 bits per heavy atom. The number of nitrogens with one attached hydrogen (secondary N) is 1. The molecule has 0 saturated heterocycles. The number of ether oxygens (including phenoxy) is 1. The summed E-state index contributed by atoms with van der Waals surface area (Å²) in [5.74, 6) is 0.628. The second-order valence-corrected chi connectivity index (χ2v) is 6.18. The Kier molecular flexibility index (Phi) is 5.28. The fraction of sp³-hybridized carbons (Fsp3) is 0.235. The molecule has 3 nitrogen and oxygen atoms in total. The van der Waals surface area contributed by atoms with E-state index >= 15 is 0 Å². The van der Waals surface area contributed by atoms with Crippen molar-refractivity contribution in [2.75, 3.05) is 12.4 Å². The van der Waals surface area contributed by atoms with E-state index in [1.54, 1.807) is 18.9 Å². The van der Waals surface area contributed by atoms with Crippen LogP contribution in [0.1, 0.15) is 12.5 Å². The average Bonchev–Trinajstić information content (AvgIpc) is 2.50. The van der Waals surface area contributed by atoms with E-state index in [-0.39, 0.29) is 11.2 Å². The summed E-state index contributed by atoms with van der Waals surface area (Å²) in [5, 5.41) is 2.73. The molecule has 1 atom stereocenters. The van der Waals surface area contributed by atoms with Crippen LogP contribution in [0.2, 0.25) is 0 Å². The topological polar surface area (TPSA) is 38.3 Å². The molecule has 4 heteroatoms. The first-order valence-corrected chi connectivity index (χ1v) is 7.65. The van der Waals surface area contributed by atoms with Gasteiger partial charge in [0.15, 0.2) is 0 Å². The van der Waals surface area contributed by atoms with Crippen molar-refractivity contribution in [2.45, 2.75) is 24.0 Å². The summed E-state index contributed by atoms with van der Waals surface area (Å²) in [5.41, 5.74) is 1.91. The van der Waals surface area contributed by atoms with Crippen molar-refractivity contribution in [3.63, 3.8) is 0 Å². The summed E-state index contributed by atoms with van der Waals surface area (Å²) in [6, 6.07) is 15.6. The van der Waals surface area contributed by atoms with Gasteiger partial charge in [-0.2, -0.15) is 0 Å². The molecule has 0 aliphatic rings. The highest BCUT2D eigenvalue weighted by Gasteiger charge is 2.16. The van der Waals surface area contributed by atoms with Crippen LogP contribution < -0.4 is 10.1 Å². The predicted octanol–water partition coefficient (Wildman–Crippen LogP) is 4.12. The molecule has 0 bridgehead atoms. The second kappa shape index (κ2) is 7.18. The van der Waals surface area contributed by atoms with E-state index in [0.717, 1.165) is 4.90 Å². The molecule has 110 valence electrons. The highest BCUT2D eigenvalue weighted by Crippen LogP contribution is 2.27. The number of rotatable bonds is 5. The van der Waals surface area contributed by atoms with Gasteiger partial charge in [0.25, 0.3) is 0 Å². The van der Waals surface area contributed by atoms with Crippen LogP contribution in [0.3, 0.4) is 0 Å². The number of carbonyl (C=O) groups excluding carboxylic acids is 1. The Balaban J connectivity index is 2.01. The monoisotopic (exact) mass is 301 g/mol. The number of hydrogen-bond acceptors (Lipinski definition) is 3. The van der Waals surface area contributed by atoms with Crippen molar-refractivity contribution in [2.24, 2.45) is 0 Å². The molecule has 21 heavy (non-hydrogen) atoms. The van der Waals surface area contributed by atoms with Crippen molar-refractivity contribution in [3.05, 3.63) is 54.1 Å². The molecule has 2 aromatic rings. The maximum absolute atomic E-state index is 12.3. The summed E-state index contributed by atoms with van der Waals surface area (Å²) >= 11 is 1.54. The van der Waals surface area contributed by atoms with E-state index in [2.05, 4.69) is 5.32 Å². The van der Waals surface area contributed by atoms with Crippen molar-refractivity contribution in [3.8, 4) is 5.75 Å². The highest BCUT2D eigenvalue weighted by atomic mass is 32.2. The van der Waals surface area contributed by atoms with E-state index in [0.29, 0.717) is 11.4 Å². The van der Waals surface area contributed by atoms with Gasteiger partial charge in [-0.1, -0.05) is 29.8 Å². The zero-order valence-corrected chi connectivity index (χ0v) is 13.2. The molecule has 2 rings (SSSR count). The summed E-state index contributed by atoms with van der Waals surface area (Å²) in [4.78, 5) is 13.4. The van der Waals surface area contributed by atoms with Crippen LogP contribution in [0.4, 0.5) is 5.69 Å². The molecule has 0 aromatic heterocycles. The number of benzene rings is 2. The van der Waals surface area contributed by atoms with Crippen LogP contribution in [-0.4, -0.2) is 18.3 Å². The number of methoxy groups -OCH3 is 1. The van der Waals surface area contributed by atoms with Crippen LogP contribution in [0.15, 0.2) is 53.4 Å². The van der Waals surface area contributed by atoms with Crippen molar-refractivity contribution >= 4 is 23.4 Å². The Hall–Kier alpha value is -1.94. The first-order valence-electron chi connectivity index (χ1n) is 6.77. The van der Waals surface area contributed by atoms with Crippen molar-refractivity contribution in [1.29, 1.82) is 0 Å². The lowest BCUT2D eigenvalue weighted by molar-refractivity contribution is -0.115. The first kappa shape index (κ1) is 15.4. The minimum absolute atomic E-state index is 0.0370. The number of para-hydroxylation sites is 2. The third-order valence-corrected chi connectivity index (χ3v) is 4.18. The van der Waals surface area contributed by atoms with Crippen LogP contribution >= 0.6 is 11.8 Å². The zero-order chi connectivity index (χ0) is 15.2. The summed E-state index contributed by atoms with van der Waals surface area (Å²) in [6.45, 7) is 3.95.